The lowest BCUT2D eigenvalue weighted by Crippen LogP contribution is -2.33. The molecule has 24 heavy (non-hydrogen) atoms. The number of aliphatic hydroxyl groups excluding tert-OH is 1. The van der Waals surface area contributed by atoms with E-state index >= 15 is 0 Å². The summed E-state index contributed by atoms with van der Waals surface area (Å²) in [7, 11) is 0. The fourth-order valence-electron chi connectivity index (χ4n) is 2.32. The van der Waals surface area contributed by atoms with Crippen LogP contribution in [0.25, 0.3) is 5.69 Å². The lowest BCUT2D eigenvalue weighted by Gasteiger charge is -2.11. The van der Waals surface area contributed by atoms with Gasteiger partial charge < -0.3 is 10.4 Å². The molecule has 0 saturated heterocycles. The third-order valence-electron chi connectivity index (χ3n) is 3.53. The van der Waals surface area contributed by atoms with Crippen LogP contribution < -0.4 is 5.32 Å². The van der Waals surface area contributed by atoms with Crippen LogP contribution in [0.2, 0.25) is 0 Å². The maximum Gasteiger partial charge on any atom is 0.291 e. The molecule has 1 unspecified atom stereocenters. The molecule has 3 aromatic rings. The second-order valence-electron chi connectivity index (χ2n) is 5.40. The number of carbonyl (C=O) groups is 1. The van der Waals surface area contributed by atoms with Gasteiger partial charge in [0.2, 0.25) is 5.82 Å². The number of carbonyl (C=O) groups excluding carboxylic acids is 1. The summed E-state index contributed by atoms with van der Waals surface area (Å²) in [5.41, 5.74) is 1.85. The van der Waals surface area contributed by atoms with Crippen molar-refractivity contribution in [1.29, 1.82) is 0 Å². The Bertz CT molecular complexity index is 787. The summed E-state index contributed by atoms with van der Waals surface area (Å²) in [6.07, 6.45) is 1.31. The van der Waals surface area contributed by atoms with E-state index in [4.69, 9.17) is 0 Å². The van der Waals surface area contributed by atoms with Gasteiger partial charge in [-0.05, 0) is 17.7 Å². The lowest BCUT2D eigenvalue weighted by atomic mass is 10.1. The first-order valence-corrected chi connectivity index (χ1v) is 7.69. The fourth-order valence-corrected chi connectivity index (χ4v) is 2.32. The van der Waals surface area contributed by atoms with Crippen molar-refractivity contribution >= 4 is 5.91 Å². The van der Waals surface area contributed by atoms with Crippen molar-refractivity contribution in [2.24, 2.45) is 0 Å². The number of para-hydroxylation sites is 1. The second kappa shape index (κ2) is 7.52. The fraction of sp³-hybridized carbons (Fsp3) is 0.167. The predicted molar refractivity (Wildman–Crippen MR) is 89.8 cm³/mol. The van der Waals surface area contributed by atoms with E-state index < -0.39 is 12.0 Å². The maximum absolute atomic E-state index is 12.1. The van der Waals surface area contributed by atoms with E-state index in [2.05, 4.69) is 15.4 Å². The largest absolute Gasteiger partial charge is 0.391 e. The van der Waals surface area contributed by atoms with Crippen molar-refractivity contribution < 1.29 is 9.90 Å². The maximum atomic E-state index is 12.1. The summed E-state index contributed by atoms with van der Waals surface area (Å²) in [6, 6.07) is 19.1. The molecule has 2 aromatic carbocycles. The van der Waals surface area contributed by atoms with E-state index in [1.165, 1.54) is 11.0 Å². The Balaban J connectivity index is 1.55. The summed E-state index contributed by atoms with van der Waals surface area (Å²) in [5.74, 6) is -0.331. The zero-order valence-electron chi connectivity index (χ0n) is 13.0. The van der Waals surface area contributed by atoms with Gasteiger partial charge in [-0.2, -0.15) is 0 Å². The monoisotopic (exact) mass is 322 g/mol. The van der Waals surface area contributed by atoms with Crippen LogP contribution in [0, 0.1) is 0 Å². The smallest absolute Gasteiger partial charge is 0.291 e. The average molecular weight is 322 g/mol. The molecule has 0 aliphatic rings. The van der Waals surface area contributed by atoms with Gasteiger partial charge in [0.15, 0.2) is 0 Å². The molecule has 6 nitrogen and oxygen atoms in total. The quantitative estimate of drug-likeness (QED) is 0.722. The van der Waals surface area contributed by atoms with E-state index in [1.807, 2.05) is 60.7 Å². The first kappa shape index (κ1) is 15.9. The molecular weight excluding hydrogens is 304 g/mol. The molecule has 0 aliphatic carbocycles. The van der Waals surface area contributed by atoms with Gasteiger partial charge in [0.25, 0.3) is 5.91 Å². The molecule has 2 N–H and O–H groups in total. The van der Waals surface area contributed by atoms with Gasteiger partial charge in [0, 0.05) is 13.0 Å². The van der Waals surface area contributed by atoms with Crippen LogP contribution in [-0.2, 0) is 6.42 Å². The molecule has 0 fully saturated rings. The predicted octanol–water partition coefficient (Wildman–Crippen LogP) is 1.60. The van der Waals surface area contributed by atoms with E-state index in [0.717, 1.165) is 11.3 Å². The Morgan fingerprint density at radius 2 is 1.75 bits per heavy atom. The van der Waals surface area contributed by atoms with E-state index in [-0.39, 0.29) is 12.4 Å². The number of hydrogen-bond acceptors (Lipinski definition) is 4. The van der Waals surface area contributed by atoms with Crippen LogP contribution in [0.1, 0.15) is 16.2 Å². The number of nitrogens with one attached hydrogen (secondary N) is 1. The molecule has 0 bridgehead atoms. The van der Waals surface area contributed by atoms with Crippen LogP contribution in [0.5, 0.6) is 0 Å². The molecule has 0 spiro atoms. The molecule has 1 heterocycles. The minimum absolute atomic E-state index is 0.0748. The van der Waals surface area contributed by atoms with Gasteiger partial charge in [0.1, 0.15) is 6.33 Å². The molecule has 6 heteroatoms. The standard InChI is InChI=1S/C18H18N4O2/c23-16(11-14-7-3-1-4-8-14)12-19-18(24)17-20-13-22(21-17)15-9-5-2-6-10-15/h1-10,13,16,23H,11-12H2,(H,19,24). The van der Waals surface area contributed by atoms with E-state index in [0.29, 0.717) is 6.42 Å². The molecule has 0 radical (unpaired) electrons. The molecule has 0 aliphatic heterocycles. The van der Waals surface area contributed by atoms with Crippen LogP contribution in [-0.4, -0.2) is 38.4 Å². The van der Waals surface area contributed by atoms with Crippen LogP contribution in [0.3, 0.4) is 0 Å². The highest BCUT2D eigenvalue weighted by molar-refractivity contribution is 5.90. The first-order chi connectivity index (χ1) is 11.7. The van der Waals surface area contributed by atoms with Crippen LogP contribution in [0.4, 0.5) is 0 Å². The minimum atomic E-state index is -0.660. The minimum Gasteiger partial charge on any atom is -0.391 e. The summed E-state index contributed by atoms with van der Waals surface area (Å²) >= 11 is 0. The van der Waals surface area contributed by atoms with Gasteiger partial charge in [-0.1, -0.05) is 48.5 Å². The number of hydrogen-bond donors (Lipinski definition) is 2. The first-order valence-electron chi connectivity index (χ1n) is 7.69. The van der Waals surface area contributed by atoms with Crippen molar-refractivity contribution in [3.8, 4) is 5.69 Å². The molecule has 1 atom stereocenters. The molecule has 0 saturated carbocycles. The summed E-state index contributed by atoms with van der Waals surface area (Å²) < 4.78 is 1.54. The van der Waals surface area contributed by atoms with Gasteiger partial charge in [0.05, 0.1) is 11.8 Å². The zero-order valence-corrected chi connectivity index (χ0v) is 13.0. The van der Waals surface area contributed by atoms with E-state index in [9.17, 15) is 9.90 Å². The van der Waals surface area contributed by atoms with Crippen molar-refractivity contribution in [2.75, 3.05) is 6.54 Å². The molecule has 3 rings (SSSR count). The Hall–Kier alpha value is -2.99. The summed E-state index contributed by atoms with van der Waals surface area (Å²) in [5, 5.41) is 16.8. The number of nitrogens with zero attached hydrogens (tertiary/aromatic N) is 3. The normalized spacial score (nSPS) is 11.9. The Morgan fingerprint density at radius 3 is 2.46 bits per heavy atom. The SMILES string of the molecule is O=C(NCC(O)Cc1ccccc1)c1ncn(-c2ccccc2)n1. The van der Waals surface area contributed by atoms with Gasteiger partial charge in [-0.25, -0.2) is 9.67 Å². The van der Waals surface area contributed by atoms with Crippen molar-refractivity contribution in [3.63, 3.8) is 0 Å². The second-order valence-corrected chi connectivity index (χ2v) is 5.40. The van der Waals surface area contributed by atoms with Crippen molar-refractivity contribution in [1.82, 2.24) is 20.1 Å². The highest BCUT2D eigenvalue weighted by atomic mass is 16.3. The Morgan fingerprint density at radius 1 is 1.08 bits per heavy atom. The average Bonchev–Trinajstić information content (AvgIpc) is 3.11. The Kier molecular flexibility index (Phi) is 4.98. The Labute approximate surface area is 139 Å². The summed E-state index contributed by atoms with van der Waals surface area (Å²) in [6.45, 7) is 0.146. The molecule has 1 amide bonds. The highest BCUT2D eigenvalue weighted by Gasteiger charge is 2.14. The molecular formula is C18H18N4O2. The molecule has 1 aromatic heterocycles. The van der Waals surface area contributed by atoms with Crippen LogP contribution in [0.15, 0.2) is 67.0 Å². The van der Waals surface area contributed by atoms with Crippen molar-refractivity contribution in [2.45, 2.75) is 12.5 Å². The van der Waals surface area contributed by atoms with E-state index in [1.54, 1.807) is 0 Å². The highest BCUT2D eigenvalue weighted by Crippen LogP contribution is 2.05. The van der Waals surface area contributed by atoms with Gasteiger partial charge in [-0.3, -0.25) is 4.79 Å². The lowest BCUT2D eigenvalue weighted by molar-refractivity contribution is 0.0906. The summed E-state index contributed by atoms with van der Waals surface area (Å²) in [4.78, 5) is 16.1. The number of amides is 1. The molecule has 122 valence electrons. The van der Waals surface area contributed by atoms with Crippen LogP contribution >= 0.6 is 0 Å². The number of aliphatic hydroxyl groups is 1. The third-order valence-corrected chi connectivity index (χ3v) is 3.53. The number of benzene rings is 2. The topological polar surface area (TPSA) is 80.0 Å². The van der Waals surface area contributed by atoms with Crippen molar-refractivity contribution in [3.05, 3.63) is 78.4 Å². The number of aromatic nitrogens is 3. The zero-order chi connectivity index (χ0) is 16.8. The number of rotatable bonds is 6. The third kappa shape index (κ3) is 4.05. The van der Waals surface area contributed by atoms with Gasteiger partial charge in [-0.15, -0.1) is 5.10 Å². The van der Waals surface area contributed by atoms with Gasteiger partial charge >= 0.3 is 0 Å².